The van der Waals surface area contributed by atoms with Crippen molar-refractivity contribution in [1.29, 1.82) is 0 Å². The quantitative estimate of drug-likeness (QED) is 0.912. The SMILES string of the molecule is CCO[C@H](C)c1nc(C(=O)N[C@@H]2CCc3nc(C)cn3C2)cs1. The summed E-state index contributed by atoms with van der Waals surface area (Å²) in [6.07, 6.45) is 3.77. The molecule has 3 rings (SSSR count). The van der Waals surface area contributed by atoms with E-state index in [1.54, 1.807) is 5.38 Å². The van der Waals surface area contributed by atoms with Gasteiger partial charge in [-0.1, -0.05) is 0 Å². The Balaban J connectivity index is 1.61. The van der Waals surface area contributed by atoms with Crippen LogP contribution >= 0.6 is 11.3 Å². The van der Waals surface area contributed by atoms with Crippen molar-refractivity contribution in [2.75, 3.05) is 6.61 Å². The number of hydrogen-bond donors (Lipinski definition) is 1. The molecule has 6 nitrogen and oxygen atoms in total. The van der Waals surface area contributed by atoms with Gasteiger partial charge in [0.2, 0.25) is 0 Å². The molecule has 0 saturated heterocycles. The van der Waals surface area contributed by atoms with Gasteiger partial charge in [-0.2, -0.15) is 0 Å². The summed E-state index contributed by atoms with van der Waals surface area (Å²) in [5.41, 5.74) is 1.50. The van der Waals surface area contributed by atoms with Gasteiger partial charge in [0, 0.05) is 37.2 Å². The third kappa shape index (κ3) is 3.61. The molecule has 1 amide bonds. The Labute approximate surface area is 139 Å². The van der Waals surface area contributed by atoms with E-state index in [4.69, 9.17) is 4.74 Å². The molecule has 0 aromatic carbocycles. The van der Waals surface area contributed by atoms with Gasteiger partial charge in [0.05, 0.1) is 5.69 Å². The highest BCUT2D eigenvalue weighted by Crippen LogP contribution is 2.21. The van der Waals surface area contributed by atoms with E-state index in [-0.39, 0.29) is 18.1 Å². The molecule has 124 valence electrons. The lowest BCUT2D eigenvalue weighted by atomic mass is 10.1. The third-order valence-electron chi connectivity index (χ3n) is 3.97. The first kappa shape index (κ1) is 16.1. The molecule has 1 N–H and O–H groups in total. The number of carbonyl (C=O) groups excluding carboxylic acids is 1. The summed E-state index contributed by atoms with van der Waals surface area (Å²) in [7, 11) is 0. The third-order valence-corrected chi connectivity index (χ3v) is 4.97. The number of nitrogens with zero attached hydrogens (tertiary/aromatic N) is 3. The number of fused-ring (bicyclic) bond motifs is 1. The molecular formula is C16H22N4O2S. The Hall–Kier alpha value is -1.73. The summed E-state index contributed by atoms with van der Waals surface area (Å²) >= 11 is 1.47. The average molecular weight is 334 g/mol. The Morgan fingerprint density at radius 3 is 3.17 bits per heavy atom. The van der Waals surface area contributed by atoms with E-state index in [2.05, 4.69) is 19.9 Å². The fourth-order valence-corrected chi connectivity index (χ4v) is 3.67. The van der Waals surface area contributed by atoms with Gasteiger partial charge in [-0.3, -0.25) is 4.79 Å². The minimum atomic E-state index is -0.110. The van der Waals surface area contributed by atoms with E-state index in [1.807, 2.05) is 27.0 Å². The maximum Gasteiger partial charge on any atom is 0.271 e. The number of rotatable bonds is 5. The van der Waals surface area contributed by atoms with Gasteiger partial charge >= 0.3 is 0 Å². The smallest absolute Gasteiger partial charge is 0.271 e. The zero-order chi connectivity index (χ0) is 16.4. The van der Waals surface area contributed by atoms with Crippen LogP contribution in [0.5, 0.6) is 0 Å². The second kappa shape index (κ2) is 6.80. The molecule has 2 aromatic heterocycles. The molecule has 7 heteroatoms. The predicted molar refractivity (Wildman–Crippen MR) is 88.7 cm³/mol. The molecule has 1 aliphatic rings. The van der Waals surface area contributed by atoms with Crippen LogP contribution in [0, 0.1) is 6.92 Å². The molecule has 0 bridgehead atoms. The lowest BCUT2D eigenvalue weighted by Crippen LogP contribution is -2.41. The van der Waals surface area contributed by atoms with Crippen molar-refractivity contribution < 1.29 is 9.53 Å². The molecule has 0 fully saturated rings. The Bertz CT molecular complexity index is 694. The molecule has 3 heterocycles. The maximum atomic E-state index is 12.4. The minimum Gasteiger partial charge on any atom is -0.372 e. The van der Waals surface area contributed by atoms with Crippen LogP contribution in [0.3, 0.4) is 0 Å². The molecule has 23 heavy (non-hydrogen) atoms. The molecule has 0 radical (unpaired) electrons. The van der Waals surface area contributed by atoms with Gasteiger partial charge in [-0.15, -0.1) is 11.3 Å². The highest BCUT2D eigenvalue weighted by atomic mass is 32.1. The Morgan fingerprint density at radius 1 is 1.57 bits per heavy atom. The van der Waals surface area contributed by atoms with Crippen molar-refractivity contribution in [1.82, 2.24) is 19.9 Å². The van der Waals surface area contributed by atoms with Crippen LogP contribution in [-0.4, -0.2) is 33.1 Å². The van der Waals surface area contributed by atoms with Crippen molar-refractivity contribution in [2.45, 2.75) is 52.3 Å². The summed E-state index contributed by atoms with van der Waals surface area (Å²) in [6.45, 7) is 7.31. The van der Waals surface area contributed by atoms with E-state index in [0.717, 1.165) is 35.9 Å². The molecule has 2 atom stereocenters. The number of ether oxygens (including phenoxy) is 1. The fourth-order valence-electron chi connectivity index (χ4n) is 2.86. The van der Waals surface area contributed by atoms with Gasteiger partial charge in [0.1, 0.15) is 22.6 Å². The number of aromatic nitrogens is 3. The van der Waals surface area contributed by atoms with E-state index in [1.165, 1.54) is 11.3 Å². The van der Waals surface area contributed by atoms with Gasteiger partial charge in [0.15, 0.2) is 0 Å². The topological polar surface area (TPSA) is 69.0 Å². The van der Waals surface area contributed by atoms with Gasteiger partial charge in [-0.25, -0.2) is 9.97 Å². The number of thiazole rings is 1. The predicted octanol–water partition coefficient (Wildman–Crippen LogP) is 2.49. The molecule has 0 unspecified atom stereocenters. The second-order valence-electron chi connectivity index (χ2n) is 5.83. The van der Waals surface area contributed by atoms with Crippen LogP contribution in [0.4, 0.5) is 0 Å². The molecule has 0 saturated carbocycles. The standard InChI is InChI=1S/C16H22N4O2S/c1-4-22-11(3)16-19-13(9-23-16)15(21)18-12-5-6-14-17-10(2)7-20(14)8-12/h7,9,11-12H,4-6,8H2,1-3H3,(H,18,21)/t11-,12-/m1/s1. The van der Waals surface area contributed by atoms with Crippen LogP contribution < -0.4 is 5.32 Å². The number of carbonyl (C=O) groups is 1. The van der Waals surface area contributed by atoms with Crippen molar-refractivity contribution >= 4 is 17.2 Å². The van der Waals surface area contributed by atoms with Gasteiger partial charge < -0.3 is 14.6 Å². The molecule has 2 aromatic rings. The number of imidazole rings is 1. The summed E-state index contributed by atoms with van der Waals surface area (Å²) in [4.78, 5) is 21.3. The van der Waals surface area contributed by atoms with Crippen LogP contribution in [0.1, 0.15) is 53.4 Å². The lowest BCUT2D eigenvalue weighted by molar-refractivity contribution is 0.0759. The Morgan fingerprint density at radius 2 is 2.39 bits per heavy atom. The monoisotopic (exact) mass is 334 g/mol. The van der Waals surface area contributed by atoms with Crippen molar-refractivity contribution in [3.63, 3.8) is 0 Å². The first-order valence-electron chi connectivity index (χ1n) is 7.97. The highest BCUT2D eigenvalue weighted by molar-refractivity contribution is 7.09. The van der Waals surface area contributed by atoms with Crippen LogP contribution in [0.2, 0.25) is 0 Å². The number of amides is 1. The first-order valence-corrected chi connectivity index (χ1v) is 8.85. The Kier molecular flexibility index (Phi) is 4.77. The number of aryl methyl sites for hydroxylation is 2. The van der Waals surface area contributed by atoms with Crippen LogP contribution in [-0.2, 0) is 17.7 Å². The molecule has 0 aliphatic carbocycles. The molecule has 1 aliphatic heterocycles. The van der Waals surface area contributed by atoms with Crippen molar-refractivity contribution in [3.05, 3.63) is 33.8 Å². The molecular weight excluding hydrogens is 312 g/mol. The fraction of sp³-hybridized carbons (Fsp3) is 0.562. The summed E-state index contributed by atoms with van der Waals surface area (Å²) in [5.74, 6) is 0.996. The summed E-state index contributed by atoms with van der Waals surface area (Å²) in [5, 5.41) is 5.73. The largest absolute Gasteiger partial charge is 0.372 e. The number of nitrogens with one attached hydrogen (secondary N) is 1. The zero-order valence-electron chi connectivity index (χ0n) is 13.7. The van der Waals surface area contributed by atoms with Crippen molar-refractivity contribution in [3.8, 4) is 0 Å². The summed E-state index contributed by atoms with van der Waals surface area (Å²) in [6, 6.07) is 0.123. The van der Waals surface area contributed by atoms with E-state index >= 15 is 0 Å². The average Bonchev–Trinajstić information content (AvgIpc) is 3.12. The van der Waals surface area contributed by atoms with E-state index < -0.39 is 0 Å². The van der Waals surface area contributed by atoms with E-state index in [9.17, 15) is 4.79 Å². The van der Waals surface area contributed by atoms with Crippen molar-refractivity contribution in [2.24, 2.45) is 0 Å². The van der Waals surface area contributed by atoms with E-state index in [0.29, 0.717) is 12.3 Å². The highest BCUT2D eigenvalue weighted by Gasteiger charge is 2.23. The first-order chi connectivity index (χ1) is 11.1. The normalized spacial score (nSPS) is 18.5. The number of hydrogen-bond acceptors (Lipinski definition) is 5. The van der Waals surface area contributed by atoms with Crippen LogP contribution in [0.25, 0.3) is 0 Å². The second-order valence-corrected chi connectivity index (χ2v) is 6.72. The lowest BCUT2D eigenvalue weighted by Gasteiger charge is -2.24. The zero-order valence-corrected chi connectivity index (χ0v) is 14.5. The summed E-state index contributed by atoms with van der Waals surface area (Å²) < 4.78 is 7.65. The molecule has 0 spiro atoms. The van der Waals surface area contributed by atoms with Crippen LogP contribution in [0.15, 0.2) is 11.6 Å². The minimum absolute atomic E-state index is 0.0716. The van der Waals surface area contributed by atoms with Gasteiger partial charge in [0.25, 0.3) is 5.91 Å². The van der Waals surface area contributed by atoms with Gasteiger partial charge in [-0.05, 0) is 27.2 Å². The maximum absolute atomic E-state index is 12.4.